The van der Waals surface area contributed by atoms with Gasteiger partial charge >= 0.3 is 5.69 Å². The van der Waals surface area contributed by atoms with Crippen LogP contribution in [0, 0.1) is 11.7 Å². The highest BCUT2D eigenvalue weighted by atomic mass is 19.1. The van der Waals surface area contributed by atoms with Gasteiger partial charge in [-0.05, 0) is 108 Å². The molecular formula is C34H38FN7O4. The molecule has 2 aromatic carbocycles. The lowest BCUT2D eigenvalue weighted by Gasteiger charge is -2.35. The number of ether oxygens (including phenoxy) is 1. The number of rotatable bonds is 8. The van der Waals surface area contributed by atoms with Gasteiger partial charge in [-0.25, -0.2) is 23.7 Å². The molecule has 0 atom stereocenters. The molecule has 0 unspecified atom stereocenters. The zero-order valence-corrected chi connectivity index (χ0v) is 26.3. The molecule has 1 N–H and O–H groups in total. The molecular weight excluding hydrogens is 589 g/mol. The Labute approximate surface area is 266 Å². The number of benzene rings is 2. The second-order valence-electron chi connectivity index (χ2n) is 12.4. The van der Waals surface area contributed by atoms with Gasteiger partial charge < -0.3 is 15.0 Å². The van der Waals surface area contributed by atoms with Crippen molar-refractivity contribution in [3.05, 3.63) is 105 Å². The van der Waals surface area contributed by atoms with E-state index in [9.17, 15) is 18.8 Å². The molecule has 12 heteroatoms. The predicted octanol–water partition coefficient (Wildman–Crippen LogP) is 4.25. The van der Waals surface area contributed by atoms with E-state index in [1.165, 1.54) is 42.1 Å². The van der Waals surface area contributed by atoms with Gasteiger partial charge in [-0.1, -0.05) is 0 Å². The standard InChI is InChI=1S/C34H38FN7O4/c1-22(2)41-19-29(33(44)42(34(41)45)26-8-4-24(35)5-9-26)31(43)38-25-6-10-27(11-7-25)46-32-28-14-17-40(20-30(28)36-21-37-32)18-23-12-15-39(3)16-13-23/h4-11,19,21-23H,12-18,20H2,1-3H3,(H,38,43). The summed E-state index contributed by atoms with van der Waals surface area (Å²) >= 11 is 0. The Bertz CT molecular complexity index is 1830. The van der Waals surface area contributed by atoms with Crippen molar-refractivity contribution in [2.24, 2.45) is 5.92 Å². The van der Waals surface area contributed by atoms with Gasteiger partial charge in [0.25, 0.3) is 11.5 Å². The van der Waals surface area contributed by atoms with Crippen LogP contribution in [0.5, 0.6) is 11.6 Å². The Morgan fingerprint density at radius 3 is 2.43 bits per heavy atom. The zero-order chi connectivity index (χ0) is 32.4. The Hall–Kier alpha value is -4.68. The third-order valence-corrected chi connectivity index (χ3v) is 8.73. The summed E-state index contributed by atoms with van der Waals surface area (Å²) < 4.78 is 21.9. The molecule has 1 fully saturated rings. The van der Waals surface area contributed by atoms with Crippen molar-refractivity contribution in [1.82, 2.24) is 28.9 Å². The van der Waals surface area contributed by atoms with Crippen LogP contribution in [0.3, 0.4) is 0 Å². The van der Waals surface area contributed by atoms with Crippen molar-refractivity contribution in [1.29, 1.82) is 0 Å². The number of anilines is 1. The summed E-state index contributed by atoms with van der Waals surface area (Å²) in [7, 11) is 2.18. The van der Waals surface area contributed by atoms with Gasteiger partial charge in [0, 0.05) is 43.1 Å². The molecule has 2 aliphatic rings. The molecule has 1 amide bonds. The number of carbonyl (C=O) groups excluding carboxylic acids is 1. The van der Waals surface area contributed by atoms with Gasteiger partial charge in [0.2, 0.25) is 5.88 Å². The second-order valence-corrected chi connectivity index (χ2v) is 12.4. The smallest absolute Gasteiger partial charge is 0.335 e. The molecule has 0 radical (unpaired) electrons. The highest BCUT2D eigenvalue weighted by Gasteiger charge is 2.26. The monoisotopic (exact) mass is 627 g/mol. The van der Waals surface area contributed by atoms with E-state index in [2.05, 4.69) is 32.1 Å². The van der Waals surface area contributed by atoms with E-state index in [0.29, 0.717) is 23.2 Å². The zero-order valence-electron chi connectivity index (χ0n) is 26.3. The molecule has 2 aliphatic heterocycles. The minimum atomic E-state index is -0.801. The number of carbonyl (C=O) groups is 1. The fourth-order valence-electron chi connectivity index (χ4n) is 6.06. The number of hydrogen-bond acceptors (Lipinski definition) is 8. The number of aromatic nitrogens is 4. The summed E-state index contributed by atoms with van der Waals surface area (Å²) in [5, 5.41) is 2.74. The fraction of sp³-hybridized carbons (Fsp3) is 0.382. The maximum absolute atomic E-state index is 13.5. The van der Waals surface area contributed by atoms with Crippen LogP contribution < -0.4 is 21.3 Å². The summed E-state index contributed by atoms with van der Waals surface area (Å²) in [5.74, 6) is 0.593. The van der Waals surface area contributed by atoms with Crippen LogP contribution in [0.25, 0.3) is 5.69 Å². The van der Waals surface area contributed by atoms with Gasteiger partial charge in [0.15, 0.2) is 0 Å². The number of amides is 1. The molecule has 46 heavy (non-hydrogen) atoms. The molecule has 0 spiro atoms. The second kappa shape index (κ2) is 13.4. The maximum atomic E-state index is 13.5. The summed E-state index contributed by atoms with van der Waals surface area (Å²) in [6.45, 7) is 8.63. The Morgan fingerprint density at radius 1 is 1.02 bits per heavy atom. The third kappa shape index (κ3) is 6.77. The van der Waals surface area contributed by atoms with Crippen LogP contribution in [0.4, 0.5) is 10.1 Å². The number of hydrogen-bond donors (Lipinski definition) is 1. The van der Waals surface area contributed by atoms with E-state index < -0.39 is 23.0 Å². The highest BCUT2D eigenvalue weighted by Crippen LogP contribution is 2.30. The lowest BCUT2D eigenvalue weighted by molar-refractivity contribution is 0.102. The topological polar surface area (TPSA) is 115 Å². The minimum absolute atomic E-state index is 0.166. The lowest BCUT2D eigenvalue weighted by atomic mass is 9.95. The van der Waals surface area contributed by atoms with Crippen LogP contribution in [0.2, 0.25) is 0 Å². The van der Waals surface area contributed by atoms with Crippen molar-refractivity contribution >= 4 is 11.6 Å². The van der Waals surface area contributed by atoms with E-state index in [0.717, 1.165) is 67.1 Å². The van der Waals surface area contributed by atoms with Crippen molar-refractivity contribution in [2.75, 3.05) is 38.5 Å². The average molecular weight is 628 g/mol. The number of fused-ring (bicyclic) bond motifs is 1. The SMILES string of the molecule is CC(C)n1cc(C(=O)Nc2ccc(Oc3ncnc4c3CCN(CC3CCN(C)CC3)C4)cc2)c(=O)n(-c2ccc(F)cc2)c1=O. The number of nitrogens with one attached hydrogen (secondary N) is 1. The average Bonchev–Trinajstić information content (AvgIpc) is 3.04. The minimum Gasteiger partial charge on any atom is -0.439 e. The number of nitrogens with zero attached hydrogens (tertiary/aromatic N) is 6. The van der Waals surface area contributed by atoms with Crippen LogP contribution >= 0.6 is 0 Å². The first-order valence-electron chi connectivity index (χ1n) is 15.6. The van der Waals surface area contributed by atoms with Crippen LogP contribution in [0.1, 0.15) is 54.3 Å². The molecule has 1 saturated heterocycles. The van der Waals surface area contributed by atoms with Gasteiger partial charge in [0.1, 0.15) is 23.5 Å². The Morgan fingerprint density at radius 2 is 1.74 bits per heavy atom. The number of piperidine rings is 1. The molecule has 6 rings (SSSR count). The molecule has 240 valence electrons. The quantitative estimate of drug-likeness (QED) is 0.309. The lowest BCUT2D eigenvalue weighted by Crippen LogP contribution is -2.42. The largest absolute Gasteiger partial charge is 0.439 e. The van der Waals surface area contributed by atoms with Crippen LogP contribution in [-0.4, -0.2) is 68.0 Å². The number of likely N-dealkylation sites (tertiary alicyclic amines) is 1. The first-order chi connectivity index (χ1) is 22.2. The van der Waals surface area contributed by atoms with Crippen molar-refractivity contribution < 1.29 is 13.9 Å². The van der Waals surface area contributed by atoms with E-state index >= 15 is 0 Å². The summed E-state index contributed by atoms with van der Waals surface area (Å²) in [4.78, 5) is 53.6. The van der Waals surface area contributed by atoms with Crippen molar-refractivity contribution in [2.45, 2.75) is 45.7 Å². The Kier molecular flexibility index (Phi) is 9.09. The van der Waals surface area contributed by atoms with E-state index in [1.807, 2.05) is 0 Å². The van der Waals surface area contributed by atoms with Gasteiger partial charge in [-0.3, -0.25) is 19.1 Å². The summed E-state index contributed by atoms with van der Waals surface area (Å²) in [6, 6.07) is 11.4. The molecule has 2 aromatic heterocycles. The molecule has 0 saturated carbocycles. The summed E-state index contributed by atoms with van der Waals surface area (Å²) in [6.07, 6.45) is 6.06. The third-order valence-electron chi connectivity index (χ3n) is 8.73. The molecule has 4 aromatic rings. The fourth-order valence-corrected chi connectivity index (χ4v) is 6.06. The molecule has 11 nitrogen and oxygen atoms in total. The molecule has 0 bridgehead atoms. The molecule has 4 heterocycles. The van der Waals surface area contributed by atoms with Crippen LogP contribution in [0.15, 0.2) is 70.6 Å². The Balaban J connectivity index is 1.15. The van der Waals surface area contributed by atoms with Crippen molar-refractivity contribution in [3.63, 3.8) is 0 Å². The van der Waals surface area contributed by atoms with Crippen molar-refractivity contribution in [3.8, 4) is 17.3 Å². The maximum Gasteiger partial charge on any atom is 0.335 e. The van der Waals surface area contributed by atoms with E-state index in [4.69, 9.17) is 4.74 Å². The normalized spacial score (nSPS) is 15.9. The van der Waals surface area contributed by atoms with E-state index in [-0.39, 0.29) is 17.3 Å². The van der Waals surface area contributed by atoms with Gasteiger partial charge in [-0.15, -0.1) is 0 Å². The number of halogens is 1. The van der Waals surface area contributed by atoms with Gasteiger partial charge in [-0.2, -0.15) is 0 Å². The van der Waals surface area contributed by atoms with E-state index in [1.54, 1.807) is 38.1 Å². The van der Waals surface area contributed by atoms with Gasteiger partial charge in [0.05, 0.1) is 11.4 Å². The first kappa shape index (κ1) is 31.3. The predicted molar refractivity (Wildman–Crippen MR) is 172 cm³/mol. The van der Waals surface area contributed by atoms with Crippen LogP contribution in [-0.2, 0) is 13.0 Å². The first-order valence-corrected chi connectivity index (χ1v) is 15.6. The molecule has 0 aliphatic carbocycles. The summed E-state index contributed by atoms with van der Waals surface area (Å²) in [5.41, 5.74) is 0.946. The highest BCUT2D eigenvalue weighted by molar-refractivity contribution is 6.03.